The second-order valence-electron chi connectivity index (χ2n) is 5.56. The van der Waals surface area contributed by atoms with E-state index in [-0.39, 0.29) is 0 Å². The largest absolute Gasteiger partial charge is 0.390 e. The van der Waals surface area contributed by atoms with Crippen molar-refractivity contribution in [1.29, 1.82) is 0 Å². The average Bonchev–Trinajstić information content (AvgIpc) is 2.39. The fourth-order valence-corrected chi connectivity index (χ4v) is 3.08. The Kier molecular flexibility index (Phi) is 4.82. The average molecular weight is 312 g/mol. The molecule has 1 fully saturated rings. The van der Waals surface area contributed by atoms with Crippen molar-refractivity contribution in [3.63, 3.8) is 0 Å². The molecule has 100 valence electrons. The van der Waals surface area contributed by atoms with Gasteiger partial charge in [0.25, 0.3) is 0 Å². The Hall–Kier alpha value is -0.380. The van der Waals surface area contributed by atoms with Crippen LogP contribution >= 0.6 is 15.9 Å². The van der Waals surface area contributed by atoms with Crippen LogP contribution < -0.4 is 0 Å². The molecule has 0 spiro atoms. The molecule has 0 radical (unpaired) electrons. The van der Waals surface area contributed by atoms with E-state index in [1.807, 2.05) is 6.92 Å². The van der Waals surface area contributed by atoms with Crippen molar-refractivity contribution in [1.82, 2.24) is 4.90 Å². The summed E-state index contributed by atoms with van der Waals surface area (Å²) in [4.78, 5) is 2.47. The highest BCUT2D eigenvalue weighted by molar-refractivity contribution is 9.09. The van der Waals surface area contributed by atoms with Crippen molar-refractivity contribution in [3.8, 4) is 0 Å². The van der Waals surface area contributed by atoms with Crippen LogP contribution in [0.5, 0.6) is 0 Å². The number of nitrogens with zero attached hydrogens (tertiary/aromatic N) is 1. The van der Waals surface area contributed by atoms with Crippen LogP contribution in [-0.4, -0.2) is 40.6 Å². The molecule has 2 nitrogen and oxygen atoms in total. The summed E-state index contributed by atoms with van der Waals surface area (Å²) in [6.07, 6.45) is 1.77. The van der Waals surface area contributed by atoms with Gasteiger partial charge < -0.3 is 10.0 Å². The summed E-state index contributed by atoms with van der Waals surface area (Å²) < 4.78 is 0. The monoisotopic (exact) mass is 311 g/mol. The summed E-state index contributed by atoms with van der Waals surface area (Å²) in [5.41, 5.74) is 0.944. The van der Waals surface area contributed by atoms with Crippen molar-refractivity contribution in [2.75, 3.05) is 25.0 Å². The van der Waals surface area contributed by atoms with Crippen LogP contribution in [0.3, 0.4) is 0 Å². The molecular weight excluding hydrogens is 290 g/mol. The lowest BCUT2D eigenvalue weighted by Gasteiger charge is -2.37. The first-order valence-corrected chi connectivity index (χ1v) is 7.78. The number of halogens is 1. The molecule has 1 aliphatic heterocycles. The number of likely N-dealkylation sites (tertiary alicyclic amines) is 1. The maximum absolute atomic E-state index is 9.96. The molecule has 1 atom stereocenters. The van der Waals surface area contributed by atoms with Crippen LogP contribution in [0.4, 0.5) is 0 Å². The zero-order valence-electron chi connectivity index (χ0n) is 11.0. The van der Waals surface area contributed by atoms with E-state index < -0.39 is 5.60 Å². The van der Waals surface area contributed by atoms with Gasteiger partial charge in [0, 0.05) is 30.9 Å². The summed E-state index contributed by atoms with van der Waals surface area (Å²) >= 11 is 3.63. The highest BCUT2D eigenvalue weighted by Gasteiger charge is 2.28. The van der Waals surface area contributed by atoms with Gasteiger partial charge >= 0.3 is 0 Å². The molecule has 1 aromatic rings. The molecule has 0 amide bonds. The van der Waals surface area contributed by atoms with Gasteiger partial charge in [0.2, 0.25) is 0 Å². The minimum Gasteiger partial charge on any atom is -0.390 e. The molecule has 1 aromatic carbocycles. The highest BCUT2D eigenvalue weighted by atomic mass is 79.9. The molecule has 18 heavy (non-hydrogen) atoms. The van der Waals surface area contributed by atoms with E-state index in [9.17, 15) is 5.11 Å². The lowest BCUT2D eigenvalue weighted by atomic mass is 9.92. The molecule has 1 heterocycles. The SMILES string of the molecule is CC1(O)CCN(CC(CBr)c2ccccc2)CC1. The van der Waals surface area contributed by atoms with Crippen molar-refractivity contribution in [3.05, 3.63) is 35.9 Å². The van der Waals surface area contributed by atoms with Crippen molar-refractivity contribution < 1.29 is 5.11 Å². The van der Waals surface area contributed by atoms with E-state index in [2.05, 4.69) is 51.2 Å². The molecule has 0 saturated carbocycles. The molecular formula is C15H22BrNO. The van der Waals surface area contributed by atoms with Crippen LogP contribution in [-0.2, 0) is 0 Å². The van der Waals surface area contributed by atoms with E-state index in [0.29, 0.717) is 5.92 Å². The maximum Gasteiger partial charge on any atom is 0.0644 e. The Morgan fingerprint density at radius 2 is 1.89 bits per heavy atom. The Morgan fingerprint density at radius 1 is 1.28 bits per heavy atom. The molecule has 1 unspecified atom stereocenters. The van der Waals surface area contributed by atoms with E-state index in [0.717, 1.165) is 37.8 Å². The van der Waals surface area contributed by atoms with Crippen LogP contribution in [0.1, 0.15) is 31.2 Å². The minimum atomic E-state index is -0.451. The highest BCUT2D eigenvalue weighted by Crippen LogP contribution is 2.25. The van der Waals surface area contributed by atoms with E-state index in [1.165, 1.54) is 5.56 Å². The number of hydrogen-bond donors (Lipinski definition) is 1. The van der Waals surface area contributed by atoms with Gasteiger partial charge in [-0.3, -0.25) is 0 Å². The lowest BCUT2D eigenvalue weighted by molar-refractivity contribution is -0.00615. The third kappa shape index (κ3) is 3.81. The normalized spacial score (nSPS) is 21.7. The Balaban J connectivity index is 1.92. The summed E-state index contributed by atoms with van der Waals surface area (Å²) in [5, 5.41) is 11.0. The molecule has 1 saturated heterocycles. The van der Waals surface area contributed by atoms with Gasteiger partial charge in [0.15, 0.2) is 0 Å². The van der Waals surface area contributed by atoms with Crippen molar-refractivity contribution in [2.24, 2.45) is 0 Å². The smallest absolute Gasteiger partial charge is 0.0644 e. The zero-order valence-corrected chi connectivity index (χ0v) is 12.6. The first-order valence-electron chi connectivity index (χ1n) is 6.66. The van der Waals surface area contributed by atoms with Gasteiger partial charge in [-0.25, -0.2) is 0 Å². The predicted octanol–water partition coefficient (Wildman–Crippen LogP) is 3.01. The molecule has 0 aromatic heterocycles. The first kappa shape index (κ1) is 14.0. The quantitative estimate of drug-likeness (QED) is 0.864. The van der Waals surface area contributed by atoms with E-state index >= 15 is 0 Å². The van der Waals surface area contributed by atoms with Gasteiger partial charge in [-0.2, -0.15) is 0 Å². The second kappa shape index (κ2) is 6.18. The van der Waals surface area contributed by atoms with Crippen molar-refractivity contribution >= 4 is 15.9 Å². The zero-order chi connectivity index (χ0) is 13.0. The number of aliphatic hydroxyl groups is 1. The number of rotatable bonds is 4. The van der Waals surface area contributed by atoms with Crippen LogP contribution in [0.15, 0.2) is 30.3 Å². The Labute approximate surface area is 118 Å². The Bertz CT molecular complexity index is 356. The first-order chi connectivity index (χ1) is 8.61. The third-order valence-corrected chi connectivity index (χ3v) is 4.65. The lowest BCUT2D eigenvalue weighted by Crippen LogP contribution is -2.43. The Morgan fingerprint density at radius 3 is 2.44 bits per heavy atom. The molecule has 0 bridgehead atoms. The fourth-order valence-electron chi connectivity index (χ4n) is 2.50. The van der Waals surface area contributed by atoms with Gasteiger partial charge in [0.05, 0.1) is 5.60 Å². The second-order valence-corrected chi connectivity index (χ2v) is 6.21. The van der Waals surface area contributed by atoms with Crippen LogP contribution in [0.2, 0.25) is 0 Å². The van der Waals surface area contributed by atoms with Crippen molar-refractivity contribution in [2.45, 2.75) is 31.3 Å². The number of piperidine rings is 1. The molecule has 1 aliphatic rings. The fraction of sp³-hybridized carbons (Fsp3) is 0.600. The molecule has 1 N–H and O–H groups in total. The van der Waals surface area contributed by atoms with Gasteiger partial charge in [-0.1, -0.05) is 46.3 Å². The number of benzene rings is 1. The van der Waals surface area contributed by atoms with E-state index in [1.54, 1.807) is 0 Å². The minimum absolute atomic E-state index is 0.451. The summed E-state index contributed by atoms with van der Waals surface area (Å²) in [7, 11) is 0. The standard InChI is InChI=1S/C15H22BrNO/c1-15(18)7-9-17(10-8-15)12-14(11-16)13-5-3-2-4-6-13/h2-6,14,18H,7-12H2,1H3. The predicted molar refractivity (Wildman–Crippen MR) is 79.3 cm³/mol. The topological polar surface area (TPSA) is 23.5 Å². The summed E-state index contributed by atoms with van der Waals surface area (Å²) in [6, 6.07) is 10.7. The number of alkyl halides is 1. The third-order valence-electron chi connectivity index (χ3n) is 3.87. The van der Waals surface area contributed by atoms with Crippen LogP contribution in [0.25, 0.3) is 0 Å². The van der Waals surface area contributed by atoms with E-state index in [4.69, 9.17) is 0 Å². The molecule has 2 rings (SSSR count). The van der Waals surface area contributed by atoms with Gasteiger partial charge in [-0.05, 0) is 25.3 Å². The molecule has 3 heteroatoms. The molecule has 0 aliphatic carbocycles. The maximum atomic E-state index is 9.96. The van der Waals surface area contributed by atoms with Gasteiger partial charge in [-0.15, -0.1) is 0 Å². The van der Waals surface area contributed by atoms with Crippen LogP contribution in [0, 0.1) is 0 Å². The summed E-state index contributed by atoms with van der Waals surface area (Å²) in [6.45, 7) is 5.03. The number of hydrogen-bond acceptors (Lipinski definition) is 2. The summed E-state index contributed by atoms with van der Waals surface area (Å²) in [5.74, 6) is 0.536. The van der Waals surface area contributed by atoms with Gasteiger partial charge in [0.1, 0.15) is 0 Å².